The van der Waals surface area contributed by atoms with Gasteiger partial charge in [-0.05, 0) is 37.8 Å². The lowest BCUT2D eigenvalue weighted by Crippen LogP contribution is -2.47. The maximum atomic E-state index is 13.2. The zero-order valence-electron chi connectivity index (χ0n) is 12.7. The van der Waals surface area contributed by atoms with E-state index in [4.69, 9.17) is 5.11 Å². The van der Waals surface area contributed by atoms with Crippen LogP contribution in [0.4, 0.5) is 14.9 Å². The third-order valence-corrected chi connectivity index (χ3v) is 2.63. The fourth-order valence-corrected chi connectivity index (χ4v) is 2.42. The first-order chi connectivity index (χ1) is 8.98. The molecule has 0 atom stereocenters. The van der Waals surface area contributed by atoms with Crippen LogP contribution in [0.5, 0.6) is 5.75 Å². The van der Waals surface area contributed by atoms with E-state index >= 15 is 0 Å². The van der Waals surface area contributed by atoms with Gasteiger partial charge in [-0.25, -0.2) is 9.18 Å². The Bertz CT molecular complexity index is 493. The van der Waals surface area contributed by atoms with Crippen LogP contribution in [0.2, 0.25) is 0 Å². The summed E-state index contributed by atoms with van der Waals surface area (Å²) in [5.74, 6) is -1.21. The molecule has 0 aliphatic rings. The summed E-state index contributed by atoms with van der Waals surface area (Å²) in [5, 5.41) is 14.5. The Morgan fingerprint density at radius 2 is 1.85 bits per heavy atom. The van der Waals surface area contributed by atoms with Gasteiger partial charge in [0.2, 0.25) is 0 Å². The van der Waals surface area contributed by atoms with E-state index in [1.807, 2.05) is 13.8 Å². The van der Waals surface area contributed by atoms with Gasteiger partial charge in [-0.3, -0.25) is 0 Å². The van der Waals surface area contributed by atoms with Gasteiger partial charge in [0.05, 0.1) is 0 Å². The van der Waals surface area contributed by atoms with E-state index in [1.165, 1.54) is 12.1 Å². The number of benzene rings is 1. The molecule has 0 aromatic heterocycles. The highest BCUT2D eigenvalue weighted by Crippen LogP contribution is 2.27. The van der Waals surface area contributed by atoms with Gasteiger partial charge in [0.1, 0.15) is 0 Å². The van der Waals surface area contributed by atoms with E-state index in [0.29, 0.717) is 5.69 Å². The molecule has 0 spiro atoms. The van der Waals surface area contributed by atoms with Gasteiger partial charge in [0.25, 0.3) is 0 Å². The van der Waals surface area contributed by atoms with Crippen molar-refractivity contribution in [2.75, 3.05) is 5.32 Å². The SMILES string of the molecule is CC(C)(C)CC(C)(C)NC(=O)Nc1ccc(O)c(F)c1. The predicted molar refractivity (Wildman–Crippen MR) is 78.4 cm³/mol. The van der Waals surface area contributed by atoms with Crippen molar-refractivity contribution in [1.29, 1.82) is 0 Å². The van der Waals surface area contributed by atoms with E-state index in [-0.39, 0.29) is 11.0 Å². The first-order valence-electron chi connectivity index (χ1n) is 6.56. The monoisotopic (exact) mass is 282 g/mol. The van der Waals surface area contributed by atoms with Crippen LogP contribution >= 0.6 is 0 Å². The number of rotatable bonds is 3. The van der Waals surface area contributed by atoms with Gasteiger partial charge in [-0.1, -0.05) is 20.8 Å². The van der Waals surface area contributed by atoms with E-state index in [2.05, 4.69) is 31.4 Å². The summed E-state index contributed by atoms with van der Waals surface area (Å²) in [5.41, 5.74) is 0.00326. The molecule has 0 saturated carbocycles. The number of urea groups is 1. The molecular weight excluding hydrogens is 259 g/mol. The molecule has 0 unspecified atom stereocenters. The van der Waals surface area contributed by atoms with Crippen molar-refractivity contribution >= 4 is 11.7 Å². The minimum atomic E-state index is -0.767. The Balaban J connectivity index is 2.65. The Morgan fingerprint density at radius 1 is 1.25 bits per heavy atom. The molecule has 0 heterocycles. The molecule has 20 heavy (non-hydrogen) atoms. The first-order valence-corrected chi connectivity index (χ1v) is 6.56. The molecule has 2 amide bonds. The number of nitrogens with one attached hydrogen (secondary N) is 2. The summed E-state index contributed by atoms with van der Waals surface area (Å²) >= 11 is 0. The molecule has 0 aliphatic carbocycles. The molecule has 3 N–H and O–H groups in total. The number of aromatic hydroxyl groups is 1. The van der Waals surface area contributed by atoms with E-state index in [0.717, 1.165) is 12.5 Å². The van der Waals surface area contributed by atoms with Crippen molar-refractivity contribution in [2.45, 2.75) is 46.6 Å². The number of halogens is 1. The molecule has 0 radical (unpaired) electrons. The van der Waals surface area contributed by atoms with Crippen molar-refractivity contribution in [2.24, 2.45) is 5.41 Å². The van der Waals surface area contributed by atoms with E-state index in [1.54, 1.807) is 0 Å². The fourth-order valence-electron chi connectivity index (χ4n) is 2.42. The summed E-state index contributed by atoms with van der Waals surface area (Å²) in [6.45, 7) is 10.2. The average Bonchev–Trinajstić information content (AvgIpc) is 2.18. The second-order valence-corrected chi connectivity index (χ2v) is 6.87. The highest BCUT2D eigenvalue weighted by molar-refractivity contribution is 5.89. The predicted octanol–water partition coefficient (Wildman–Crippen LogP) is 3.87. The van der Waals surface area contributed by atoms with E-state index < -0.39 is 17.6 Å². The van der Waals surface area contributed by atoms with Crippen LogP contribution in [0.25, 0.3) is 0 Å². The minimum Gasteiger partial charge on any atom is -0.505 e. The number of hydrogen-bond donors (Lipinski definition) is 3. The van der Waals surface area contributed by atoms with Crippen molar-refractivity contribution < 1.29 is 14.3 Å². The normalized spacial score (nSPS) is 12.1. The highest BCUT2D eigenvalue weighted by atomic mass is 19.1. The second-order valence-electron chi connectivity index (χ2n) is 6.87. The minimum absolute atomic E-state index is 0.0847. The second kappa shape index (κ2) is 5.69. The number of carbonyl (C=O) groups excluding carboxylic acids is 1. The summed E-state index contributed by atoms with van der Waals surface area (Å²) in [7, 11) is 0. The number of anilines is 1. The molecule has 0 saturated heterocycles. The maximum Gasteiger partial charge on any atom is 0.319 e. The van der Waals surface area contributed by atoms with Crippen molar-refractivity contribution in [3.05, 3.63) is 24.0 Å². The summed E-state index contributed by atoms with van der Waals surface area (Å²) in [6.07, 6.45) is 0.803. The number of amides is 2. The third-order valence-electron chi connectivity index (χ3n) is 2.63. The molecular formula is C15H23FN2O2. The number of carbonyl (C=O) groups is 1. The van der Waals surface area contributed by atoms with Gasteiger partial charge < -0.3 is 15.7 Å². The van der Waals surface area contributed by atoms with Gasteiger partial charge in [0, 0.05) is 17.3 Å². The smallest absolute Gasteiger partial charge is 0.319 e. The highest BCUT2D eigenvalue weighted by Gasteiger charge is 2.27. The first kappa shape index (κ1) is 16.3. The Labute approximate surface area is 119 Å². The van der Waals surface area contributed by atoms with Gasteiger partial charge in [-0.2, -0.15) is 0 Å². The van der Waals surface area contributed by atoms with E-state index in [9.17, 15) is 9.18 Å². The molecule has 0 aliphatic heterocycles. The van der Waals surface area contributed by atoms with Crippen LogP contribution in [0.3, 0.4) is 0 Å². The standard InChI is InChI=1S/C15H23FN2O2/c1-14(2,3)9-15(4,5)18-13(20)17-10-6-7-12(19)11(16)8-10/h6-8,19H,9H2,1-5H3,(H2,17,18,20). The quantitative estimate of drug-likeness (QED) is 0.737. The zero-order chi connectivity index (χ0) is 15.6. The summed E-state index contributed by atoms with van der Waals surface area (Å²) in [6, 6.07) is 3.32. The fraction of sp³-hybridized carbons (Fsp3) is 0.533. The van der Waals surface area contributed by atoms with Crippen LogP contribution in [0.15, 0.2) is 18.2 Å². The molecule has 0 fully saturated rings. The topological polar surface area (TPSA) is 61.4 Å². The molecule has 4 nitrogen and oxygen atoms in total. The van der Waals surface area contributed by atoms with Crippen molar-refractivity contribution in [3.63, 3.8) is 0 Å². The van der Waals surface area contributed by atoms with Crippen molar-refractivity contribution in [3.8, 4) is 5.75 Å². The molecule has 1 rings (SSSR count). The summed E-state index contributed by atoms with van der Waals surface area (Å²) in [4.78, 5) is 11.9. The molecule has 112 valence electrons. The van der Waals surface area contributed by atoms with Crippen LogP contribution in [0.1, 0.15) is 41.0 Å². The lowest BCUT2D eigenvalue weighted by molar-refractivity contribution is 0.220. The third kappa shape index (κ3) is 5.47. The van der Waals surface area contributed by atoms with Crippen LogP contribution in [-0.2, 0) is 0 Å². The van der Waals surface area contributed by atoms with Crippen LogP contribution in [0, 0.1) is 11.2 Å². The maximum absolute atomic E-state index is 13.2. The van der Waals surface area contributed by atoms with Gasteiger partial charge in [0.15, 0.2) is 11.6 Å². The van der Waals surface area contributed by atoms with Crippen LogP contribution in [-0.4, -0.2) is 16.7 Å². The average molecular weight is 282 g/mol. The zero-order valence-corrected chi connectivity index (χ0v) is 12.7. The van der Waals surface area contributed by atoms with Crippen LogP contribution < -0.4 is 10.6 Å². The lowest BCUT2D eigenvalue weighted by Gasteiger charge is -2.33. The number of phenols is 1. The number of hydrogen-bond acceptors (Lipinski definition) is 2. The molecule has 5 heteroatoms. The Kier molecular flexibility index (Phi) is 4.63. The Hall–Kier alpha value is -1.78. The Morgan fingerprint density at radius 3 is 2.35 bits per heavy atom. The lowest BCUT2D eigenvalue weighted by atomic mass is 9.82. The molecule has 1 aromatic carbocycles. The van der Waals surface area contributed by atoms with Gasteiger partial charge >= 0.3 is 6.03 Å². The van der Waals surface area contributed by atoms with Crippen molar-refractivity contribution in [1.82, 2.24) is 5.32 Å². The molecule has 1 aromatic rings. The molecule has 0 bridgehead atoms. The largest absolute Gasteiger partial charge is 0.505 e. The summed E-state index contributed by atoms with van der Waals surface area (Å²) < 4.78 is 13.2. The van der Waals surface area contributed by atoms with Gasteiger partial charge in [-0.15, -0.1) is 0 Å². The number of phenolic OH excluding ortho intramolecular Hbond substituents is 1.